The normalized spacial score (nSPS) is 11.4. The predicted molar refractivity (Wildman–Crippen MR) is 86.7 cm³/mol. The van der Waals surface area contributed by atoms with Crippen LogP contribution in [-0.2, 0) is 13.6 Å². The van der Waals surface area contributed by atoms with E-state index < -0.39 is 7.60 Å². The van der Waals surface area contributed by atoms with Crippen LogP contribution in [0.1, 0.15) is 49.9 Å². The summed E-state index contributed by atoms with van der Waals surface area (Å²) in [6, 6.07) is 6.60. The van der Waals surface area contributed by atoms with Crippen molar-refractivity contribution in [2.45, 2.75) is 39.5 Å². The van der Waals surface area contributed by atoms with Crippen molar-refractivity contribution in [3.8, 4) is 5.75 Å². The zero-order chi connectivity index (χ0) is 16.3. The van der Waals surface area contributed by atoms with Gasteiger partial charge in [0.05, 0.1) is 13.2 Å². The molecule has 0 aromatic heterocycles. The number of rotatable bonds is 12. The van der Waals surface area contributed by atoms with Gasteiger partial charge in [-0.25, -0.2) is 0 Å². The van der Waals surface area contributed by atoms with Gasteiger partial charge in [-0.05, 0) is 37.1 Å². The van der Waals surface area contributed by atoms with Crippen molar-refractivity contribution in [1.82, 2.24) is 0 Å². The second kappa shape index (κ2) is 10.5. The third-order valence-corrected chi connectivity index (χ3v) is 4.57. The van der Waals surface area contributed by atoms with Gasteiger partial charge >= 0.3 is 7.60 Å². The molecule has 0 radical (unpaired) electrons. The molecule has 0 bridgehead atoms. The van der Waals surface area contributed by atoms with E-state index >= 15 is 0 Å². The van der Waals surface area contributed by atoms with Gasteiger partial charge in [0, 0.05) is 5.56 Å². The molecule has 0 heterocycles. The van der Waals surface area contributed by atoms with E-state index in [4.69, 9.17) is 13.8 Å². The molecule has 124 valence electrons. The second-order valence-corrected chi connectivity index (χ2v) is 6.94. The largest absolute Gasteiger partial charge is 0.481 e. The van der Waals surface area contributed by atoms with Crippen molar-refractivity contribution in [3.63, 3.8) is 0 Å². The summed E-state index contributed by atoms with van der Waals surface area (Å²) in [6.07, 6.45) is 4.22. The van der Waals surface area contributed by atoms with Gasteiger partial charge < -0.3 is 13.8 Å². The molecule has 22 heavy (non-hydrogen) atoms. The third-order valence-electron chi connectivity index (χ3n) is 2.98. The summed E-state index contributed by atoms with van der Waals surface area (Å²) in [4.78, 5) is 10.6. The van der Waals surface area contributed by atoms with Gasteiger partial charge in [-0.2, -0.15) is 0 Å². The number of ether oxygens (including phenoxy) is 1. The minimum absolute atomic E-state index is 0.124. The molecule has 0 unspecified atom stereocenters. The highest BCUT2D eigenvalue weighted by molar-refractivity contribution is 7.53. The van der Waals surface area contributed by atoms with Crippen molar-refractivity contribution in [3.05, 3.63) is 29.8 Å². The van der Waals surface area contributed by atoms with Crippen molar-refractivity contribution in [2.24, 2.45) is 0 Å². The topological polar surface area (TPSA) is 61.8 Å². The number of carbonyl (C=O) groups is 1. The number of hydrogen-bond donors (Lipinski definition) is 0. The van der Waals surface area contributed by atoms with Crippen molar-refractivity contribution in [1.29, 1.82) is 0 Å². The average molecular weight is 328 g/mol. The van der Waals surface area contributed by atoms with Crippen LogP contribution in [0, 0.1) is 0 Å². The molecule has 0 N–H and O–H groups in total. The highest BCUT2D eigenvalue weighted by Crippen LogP contribution is 2.48. The van der Waals surface area contributed by atoms with Gasteiger partial charge in [-0.15, -0.1) is 0 Å². The van der Waals surface area contributed by atoms with Crippen LogP contribution in [0.2, 0.25) is 0 Å². The van der Waals surface area contributed by atoms with E-state index in [9.17, 15) is 9.36 Å². The Morgan fingerprint density at radius 1 is 1.00 bits per heavy atom. The van der Waals surface area contributed by atoms with E-state index in [1.54, 1.807) is 24.3 Å². The molecule has 1 aromatic carbocycles. The van der Waals surface area contributed by atoms with Crippen LogP contribution in [0.3, 0.4) is 0 Å². The summed E-state index contributed by atoms with van der Waals surface area (Å²) in [5.41, 5.74) is 0.564. The molecular formula is C16H25O5P. The summed E-state index contributed by atoms with van der Waals surface area (Å²) < 4.78 is 29.0. The first-order valence-corrected chi connectivity index (χ1v) is 9.42. The zero-order valence-corrected chi connectivity index (χ0v) is 14.2. The molecular weight excluding hydrogens is 303 g/mol. The lowest BCUT2D eigenvalue weighted by Crippen LogP contribution is -2.07. The lowest BCUT2D eigenvalue weighted by molar-refractivity contribution is 0.112. The molecule has 0 atom stereocenters. The molecule has 0 saturated carbocycles. The number of unbranched alkanes of at least 4 members (excludes halogenated alkanes) is 2. The van der Waals surface area contributed by atoms with E-state index in [0.717, 1.165) is 32.0 Å². The Balaban J connectivity index is 2.57. The maximum Gasteiger partial charge on any atom is 0.367 e. The number of hydrogen-bond acceptors (Lipinski definition) is 5. The van der Waals surface area contributed by atoms with Gasteiger partial charge in [0.1, 0.15) is 12.0 Å². The number of aldehydes is 1. The van der Waals surface area contributed by atoms with Gasteiger partial charge in [0.15, 0.2) is 6.35 Å². The molecule has 6 heteroatoms. The van der Waals surface area contributed by atoms with Crippen LogP contribution in [0.4, 0.5) is 0 Å². The van der Waals surface area contributed by atoms with Crippen molar-refractivity contribution < 1.29 is 23.1 Å². The Morgan fingerprint density at radius 3 is 2.00 bits per heavy atom. The molecule has 0 fully saturated rings. The van der Waals surface area contributed by atoms with Gasteiger partial charge in [0.25, 0.3) is 0 Å². The lowest BCUT2D eigenvalue weighted by Gasteiger charge is -2.19. The fourth-order valence-electron chi connectivity index (χ4n) is 1.60. The van der Waals surface area contributed by atoms with Gasteiger partial charge in [0.2, 0.25) is 0 Å². The van der Waals surface area contributed by atoms with E-state index in [1.165, 1.54) is 0 Å². The quantitative estimate of drug-likeness (QED) is 0.317. The Morgan fingerprint density at radius 2 is 1.55 bits per heavy atom. The van der Waals surface area contributed by atoms with Crippen LogP contribution in [0.15, 0.2) is 24.3 Å². The fraction of sp³-hybridized carbons (Fsp3) is 0.562. The maximum atomic E-state index is 12.6. The first-order valence-electron chi connectivity index (χ1n) is 7.69. The first-order chi connectivity index (χ1) is 10.6. The van der Waals surface area contributed by atoms with Crippen LogP contribution in [0.5, 0.6) is 5.75 Å². The molecule has 0 saturated heterocycles. The molecule has 1 aromatic rings. The summed E-state index contributed by atoms with van der Waals surface area (Å²) in [5, 5.41) is 0. The molecule has 0 aliphatic rings. The fourth-order valence-corrected chi connectivity index (χ4v) is 2.95. The summed E-state index contributed by atoms with van der Waals surface area (Å²) in [5.74, 6) is 0.531. The van der Waals surface area contributed by atoms with Crippen molar-refractivity contribution >= 4 is 13.9 Å². The predicted octanol–water partition coefficient (Wildman–Crippen LogP) is 4.66. The molecule has 0 aliphatic heterocycles. The third kappa shape index (κ3) is 7.21. The Hall–Kier alpha value is -1.16. The average Bonchev–Trinajstić information content (AvgIpc) is 2.54. The van der Waals surface area contributed by atoms with Crippen LogP contribution in [0.25, 0.3) is 0 Å². The molecule has 5 nitrogen and oxygen atoms in total. The minimum Gasteiger partial charge on any atom is -0.481 e. The molecule has 1 rings (SSSR count). The number of carbonyl (C=O) groups excluding carboxylic acids is 1. The van der Waals surface area contributed by atoms with E-state index in [0.29, 0.717) is 24.5 Å². The Labute approximate surface area is 132 Å². The van der Waals surface area contributed by atoms with E-state index in [2.05, 4.69) is 0 Å². The minimum atomic E-state index is -3.25. The summed E-state index contributed by atoms with van der Waals surface area (Å²) >= 11 is 0. The smallest absolute Gasteiger partial charge is 0.367 e. The molecule has 0 aliphatic carbocycles. The van der Waals surface area contributed by atoms with E-state index in [1.807, 2.05) is 13.8 Å². The Kier molecular flexibility index (Phi) is 9.05. The zero-order valence-electron chi connectivity index (χ0n) is 13.3. The molecule has 0 spiro atoms. The van der Waals surface area contributed by atoms with Crippen LogP contribution in [-0.4, -0.2) is 25.8 Å². The first kappa shape index (κ1) is 18.9. The summed E-state index contributed by atoms with van der Waals surface area (Å²) in [6.45, 7) is 4.87. The Bertz CT molecular complexity index is 458. The number of benzene rings is 1. The second-order valence-electron chi connectivity index (χ2n) is 4.94. The van der Waals surface area contributed by atoms with Crippen molar-refractivity contribution in [2.75, 3.05) is 19.6 Å². The lowest BCUT2D eigenvalue weighted by atomic mass is 10.2. The monoisotopic (exact) mass is 328 g/mol. The van der Waals surface area contributed by atoms with E-state index in [-0.39, 0.29) is 6.35 Å². The van der Waals surface area contributed by atoms with Gasteiger partial charge in [-0.1, -0.05) is 26.7 Å². The highest BCUT2D eigenvalue weighted by atomic mass is 31.2. The standard InChI is InChI=1S/C16H25O5P/c1-3-5-11-20-22(18,21-12-6-4-2)14-19-16-9-7-15(13-17)8-10-16/h7-10,13H,3-6,11-12,14H2,1-2H3. The summed E-state index contributed by atoms with van der Waals surface area (Å²) in [7, 11) is -3.25. The highest BCUT2D eigenvalue weighted by Gasteiger charge is 2.25. The molecule has 0 amide bonds. The van der Waals surface area contributed by atoms with Crippen LogP contribution < -0.4 is 4.74 Å². The SMILES string of the molecule is CCCCOP(=O)(COc1ccc(C=O)cc1)OCCCC. The van der Waals surface area contributed by atoms with Gasteiger partial charge in [-0.3, -0.25) is 9.36 Å². The van der Waals surface area contributed by atoms with Crippen LogP contribution >= 0.6 is 7.60 Å². The maximum absolute atomic E-state index is 12.6.